The Balaban J connectivity index is 0.686. The fourth-order valence-corrected chi connectivity index (χ4v) is 18.3. The Labute approximate surface area is 634 Å². The molecular weight excluding hydrogens is 1420 g/mol. The van der Waals surface area contributed by atoms with E-state index < -0.39 is 109 Å². The maximum atomic E-state index is 14.2. The molecule has 5 heterocycles. The second kappa shape index (κ2) is 34.2. The lowest BCUT2D eigenvalue weighted by Gasteiger charge is -2.69. The number of hydrogen-bond acceptors (Lipinski definition) is 19. The Morgan fingerprint density at radius 1 is 0.752 bits per heavy atom. The first-order valence-corrected chi connectivity index (χ1v) is 37.9. The number of aromatic carboxylic acids is 1. The highest BCUT2D eigenvalue weighted by Gasteiger charge is 2.66. The van der Waals surface area contributed by atoms with Gasteiger partial charge in [0, 0.05) is 93.4 Å². The number of imide groups is 1. The number of amides is 9. The Bertz CT molecular complexity index is 4410. The number of benzene rings is 3. The van der Waals surface area contributed by atoms with Gasteiger partial charge in [0.1, 0.15) is 30.6 Å². The molecule has 0 spiro atoms. The number of rotatable bonds is 37. The molecule has 580 valence electrons. The van der Waals surface area contributed by atoms with Crippen molar-refractivity contribution in [1.82, 2.24) is 50.8 Å². The van der Waals surface area contributed by atoms with E-state index in [9.17, 15) is 68.1 Å². The Morgan fingerprint density at radius 2 is 1.50 bits per heavy atom. The number of para-hydroxylation sites is 1. The average molecular weight is 1520 g/mol. The van der Waals surface area contributed by atoms with Gasteiger partial charge in [-0.3, -0.25) is 52.8 Å². The highest BCUT2D eigenvalue weighted by atomic mass is 32.1. The largest absolute Gasteiger partial charge is 0.481 e. The molecule has 0 radical (unpaired) electrons. The minimum Gasteiger partial charge on any atom is -0.481 e. The summed E-state index contributed by atoms with van der Waals surface area (Å²) in [6.07, 6.45) is 8.92. The van der Waals surface area contributed by atoms with Crippen LogP contribution in [0.5, 0.6) is 0 Å². The first-order valence-electron chi connectivity index (χ1n) is 37.0. The molecule has 3 aromatic heterocycles. The first-order chi connectivity index (χ1) is 52.0. The zero-order valence-electron chi connectivity index (χ0n) is 62.0. The van der Waals surface area contributed by atoms with Gasteiger partial charge >= 0.3 is 30.0 Å². The number of nitrogens with two attached hydrogens (primary N) is 1. The summed E-state index contributed by atoms with van der Waals surface area (Å²) in [6.45, 7) is 11.6. The second-order valence-corrected chi connectivity index (χ2v) is 31.7. The van der Waals surface area contributed by atoms with Gasteiger partial charge in [-0.2, -0.15) is 5.10 Å². The van der Waals surface area contributed by atoms with Crippen molar-refractivity contribution in [1.29, 1.82) is 0 Å². The van der Waals surface area contributed by atoms with Gasteiger partial charge in [-0.25, -0.2) is 24.4 Å². The molecule has 3 aromatic carbocycles. The average Bonchev–Trinajstić information content (AvgIpc) is 0.812. The smallest absolute Gasteiger partial charge is 0.410 e. The van der Waals surface area contributed by atoms with E-state index in [4.69, 9.17) is 30.3 Å². The Kier molecular flexibility index (Phi) is 24.8. The normalized spacial score (nSPS) is 20.5. The number of hydrogen-bond donors (Lipinski definition) is 10. The molecule has 109 heavy (non-hydrogen) atoms. The molecular formula is C78H96N14O16S. The molecule has 6 aromatic rings. The summed E-state index contributed by atoms with van der Waals surface area (Å²) in [5.41, 5.74) is 11.1. The van der Waals surface area contributed by atoms with Crippen LogP contribution in [-0.4, -0.2) is 173 Å². The van der Waals surface area contributed by atoms with Gasteiger partial charge in [0.15, 0.2) is 10.8 Å². The van der Waals surface area contributed by atoms with Crippen LogP contribution in [0.25, 0.3) is 21.3 Å². The van der Waals surface area contributed by atoms with Gasteiger partial charge in [0.05, 0.1) is 41.5 Å². The van der Waals surface area contributed by atoms with Crippen LogP contribution in [-0.2, 0) is 80.5 Å². The summed E-state index contributed by atoms with van der Waals surface area (Å²) < 4.78 is 15.6. The van der Waals surface area contributed by atoms with Gasteiger partial charge in [-0.05, 0) is 158 Å². The zero-order valence-corrected chi connectivity index (χ0v) is 62.8. The number of carboxylic acid groups (broad SMARTS) is 3. The van der Waals surface area contributed by atoms with E-state index in [2.05, 4.69) is 74.9 Å². The molecule has 4 fully saturated rings. The number of anilines is 3. The Morgan fingerprint density at radius 3 is 2.19 bits per heavy atom. The monoisotopic (exact) mass is 1520 g/mol. The van der Waals surface area contributed by atoms with Crippen LogP contribution in [0, 0.1) is 29.1 Å². The molecule has 2 unspecified atom stereocenters. The van der Waals surface area contributed by atoms with Crippen LogP contribution >= 0.6 is 11.3 Å². The number of carboxylic acids is 3. The number of pyridine rings is 1. The fourth-order valence-electron chi connectivity index (χ4n) is 17.5. The second-order valence-electron chi connectivity index (χ2n) is 30.7. The van der Waals surface area contributed by atoms with Crippen LogP contribution in [0.3, 0.4) is 0 Å². The third kappa shape index (κ3) is 19.7. The van der Waals surface area contributed by atoms with Crippen molar-refractivity contribution in [2.24, 2.45) is 27.9 Å². The van der Waals surface area contributed by atoms with E-state index >= 15 is 0 Å². The quantitative estimate of drug-likeness (QED) is 0.0129. The molecule has 4 saturated carbocycles. The number of aliphatic carboxylic acids is 2. The fraction of sp³-hybridized carbons (Fsp3) is 0.487. The van der Waals surface area contributed by atoms with Crippen LogP contribution in [0.1, 0.15) is 156 Å². The van der Waals surface area contributed by atoms with Crippen molar-refractivity contribution < 1.29 is 77.5 Å². The molecule has 2 aliphatic heterocycles. The van der Waals surface area contributed by atoms with E-state index in [0.717, 1.165) is 74.9 Å². The number of carbonyl (C=O) groups excluding carboxylic acids is 8. The van der Waals surface area contributed by atoms with Gasteiger partial charge in [0.2, 0.25) is 23.6 Å². The summed E-state index contributed by atoms with van der Waals surface area (Å²) in [7, 11) is 0. The number of urea groups is 1. The van der Waals surface area contributed by atoms with Crippen molar-refractivity contribution in [2.45, 2.75) is 181 Å². The third-order valence-electron chi connectivity index (χ3n) is 21.3. The van der Waals surface area contributed by atoms with Gasteiger partial charge in [-0.1, -0.05) is 87.9 Å². The highest BCUT2D eigenvalue weighted by Crippen LogP contribution is 2.72. The number of nitrogens with one attached hydrogen (secondary N) is 6. The lowest BCUT2D eigenvalue weighted by atomic mass is 9.39. The van der Waals surface area contributed by atoms with E-state index in [1.54, 1.807) is 31.4 Å². The van der Waals surface area contributed by atoms with E-state index in [0.29, 0.717) is 74.4 Å². The number of primary amides is 1. The summed E-state index contributed by atoms with van der Waals surface area (Å²) >= 11 is 1.61. The molecule has 11 N–H and O–H groups in total. The topological polar surface area (TPSA) is 418 Å². The summed E-state index contributed by atoms with van der Waals surface area (Å²) in [4.78, 5) is 155. The van der Waals surface area contributed by atoms with Crippen molar-refractivity contribution in [3.05, 3.63) is 131 Å². The summed E-state index contributed by atoms with van der Waals surface area (Å²) in [5.74, 6) is -7.11. The molecule has 12 rings (SSSR count). The number of aromatic nitrogens is 4. The van der Waals surface area contributed by atoms with Gasteiger partial charge in [-0.15, -0.1) is 0 Å². The molecule has 4 aliphatic carbocycles. The number of carbonyl (C=O) groups is 11. The number of ether oxygens (including phenoxy) is 2. The van der Waals surface area contributed by atoms with Crippen LogP contribution in [0.4, 0.5) is 26.2 Å². The molecule has 9 amide bonds. The maximum Gasteiger partial charge on any atom is 0.410 e. The highest BCUT2D eigenvalue weighted by molar-refractivity contribution is 7.22. The van der Waals surface area contributed by atoms with E-state index in [1.807, 2.05) is 41.9 Å². The SMILES string of the molecule is Cc1c(-c2ccc(N3CCc4cccc(CNc5nc6ccccc6s5)c4C3)nc2C(=O)O)cnn1CC12CC3(C)CC(C)(C1)CC(OCCNC(=O)[C@H](CC(=O)O)N(CCC(=O)O)C(=O)OCc1ccc(NC(=O)[C@H](CCCNC(N)=O)NC(=O)[C@@H](NC(=O)CCCCCN4C(=O)C=CC4=O)C(C)C)cc1)(C3)C2. The van der Waals surface area contributed by atoms with Crippen molar-refractivity contribution in [2.75, 3.05) is 54.9 Å². The minimum absolute atomic E-state index is 0.0313. The number of nitrogens with zero attached hydrogens (tertiary/aromatic N) is 7. The van der Waals surface area contributed by atoms with Gasteiger partial charge in [0.25, 0.3) is 11.8 Å². The zero-order chi connectivity index (χ0) is 78.0. The number of thiazole rings is 1. The lowest BCUT2D eigenvalue weighted by Crippen LogP contribution is -2.64. The molecule has 30 nitrogen and oxygen atoms in total. The standard InChI is InChI=1S/C78H96N14O16S/c1-47(2)66(88-61(93)18-7-6-10-31-91-62(94)25-26-63(91)95)70(102)85-57(16-12-29-81-72(79)105)68(100)84-52-21-19-49(20-22-52)39-107-74(106)90(33-28-64(96)97)58(35-65(98)99)69(101)80-30-34-108-78-43-75(4)40-76(5,44-78)42-77(41-75,45-78)46-92-48(3)54(37-83-92)53-23-24-60(87-67(53)71(103)104)89-32-27-50-13-11-14-51(55(50)38-89)36-82-73-86-56-15-8-9-17-59(56)109-73/h8-9,11,13-15,17,19-26,37,47,57-58,66H,6-7,10,12,16,18,27-36,38-46H2,1-5H3,(H,80,101)(H,82,86)(H,84,100)(H,85,102)(H,88,93)(H,96,97)(H,98,99)(H,103,104)(H3,79,81,105)/t57-,58-,66-,75?,76?,77?,78?/m0/s1. The predicted molar refractivity (Wildman–Crippen MR) is 403 cm³/mol. The minimum atomic E-state index is -1.70. The lowest BCUT2D eigenvalue weighted by molar-refractivity contribution is -0.247. The predicted octanol–water partition coefficient (Wildman–Crippen LogP) is 8.44. The first kappa shape index (κ1) is 79.2. The van der Waals surface area contributed by atoms with E-state index in [-0.39, 0.29) is 84.9 Å². The molecule has 6 aliphatic rings. The maximum absolute atomic E-state index is 14.2. The van der Waals surface area contributed by atoms with Crippen molar-refractivity contribution >= 4 is 104 Å². The van der Waals surface area contributed by atoms with Crippen molar-refractivity contribution in [3.8, 4) is 11.1 Å². The Hall–Kier alpha value is -10.8. The van der Waals surface area contributed by atoms with Crippen LogP contribution in [0.2, 0.25) is 0 Å². The summed E-state index contributed by atoms with van der Waals surface area (Å²) in [5, 5.41) is 53.3. The number of unbranched alkanes of at least 4 members (excludes halogenated alkanes) is 2. The number of fused-ring (bicyclic) bond motifs is 2. The summed E-state index contributed by atoms with van der Waals surface area (Å²) in [6, 6.07) is 19.4. The molecule has 0 saturated heterocycles. The molecule has 4 bridgehead atoms. The van der Waals surface area contributed by atoms with Crippen LogP contribution in [0.15, 0.2) is 97.2 Å². The van der Waals surface area contributed by atoms with Crippen molar-refractivity contribution in [3.63, 3.8) is 0 Å². The van der Waals surface area contributed by atoms with Crippen LogP contribution < -0.4 is 42.5 Å². The van der Waals surface area contributed by atoms with E-state index in [1.165, 1.54) is 47.5 Å². The van der Waals surface area contributed by atoms with Gasteiger partial charge < -0.3 is 67.3 Å². The third-order valence-corrected chi connectivity index (χ3v) is 22.3. The molecule has 31 heteroatoms. The molecule has 5 atom stereocenters.